The van der Waals surface area contributed by atoms with Gasteiger partial charge in [-0.05, 0) is 36.5 Å². The fourth-order valence-electron chi connectivity index (χ4n) is 5.78. The van der Waals surface area contributed by atoms with Gasteiger partial charge in [0.2, 0.25) is 0 Å². The van der Waals surface area contributed by atoms with E-state index in [4.69, 9.17) is 0 Å². The van der Waals surface area contributed by atoms with Crippen LogP contribution in [0, 0.1) is 6.92 Å². The summed E-state index contributed by atoms with van der Waals surface area (Å²) in [6, 6.07) is 21.1. The maximum atomic E-state index is 13.5. The number of rotatable bonds is 21. The summed E-state index contributed by atoms with van der Waals surface area (Å²) >= 11 is 0. The number of unbranched alkanes of at least 4 members (excludes halogenated alkanes) is 14. The number of Topliss-reactive ketones (excluding diaryl/α,β-unsaturated/α-hetero) is 1. The molecular formula is C37H53NO. The van der Waals surface area contributed by atoms with Crippen molar-refractivity contribution in [2.24, 2.45) is 0 Å². The summed E-state index contributed by atoms with van der Waals surface area (Å²) in [5, 5.41) is 0. The summed E-state index contributed by atoms with van der Waals surface area (Å²) in [6.45, 7) is 5.22. The van der Waals surface area contributed by atoms with E-state index in [2.05, 4.69) is 85.3 Å². The first-order valence-electron chi connectivity index (χ1n) is 16.0. The lowest BCUT2D eigenvalue weighted by Crippen LogP contribution is -2.06. The molecule has 39 heavy (non-hydrogen) atoms. The molecule has 0 fully saturated rings. The smallest absolute Gasteiger partial charge is 0.164 e. The van der Waals surface area contributed by atoms with E-state index in [-0.39, 0.29) is 0 Å². The van der Waals surface area contributed by atoms with Crippen molar-refractivity contribution in [3.63, 3.8) is 0 Å². The molecule has 0 spiro atoms. The van der Waals surface area contributed by atoms with Gasteiger partial charge in [-0.1, -0.05) is 157 Å². The zero-order chi connectivity index (χ0) is 27.5. The molecular weight excluding hydrogens is 474 g/mol. The molecule has 2 aromatic carbocycles. The molecule has 0 amide bonds. The molecule has 2 heteroatoms. The Morgan fingerprint density at radius 2 is 1.08 bits per heavy atom. The van der Waals surface area contributed by atoms with Crippen LogP contribution < -0.4 is 0 Å². The minimum Gasteiger partial charge on any atom is -0.346 e. The molecule has 0 saturated carbocycles. The van der Waals surface area contributed by atoms with E-state index >= 15 is 0 Å². The number of carbonyl (C=O) groups excluding carboxylic acids is 1. The van der Waals surface area contributed by atoms with Crippen LogP contribution in [-0.4, -0.2) is 10.4 Å². The van der Waals surface area contributed by atoms with E-state index in [9.17, 15) is 4.79 Å². The van der Waals surface area contributed by atoms with Crippen molar-refractivity contribution in [1.29, 1.82) is 0 Å². The molecule has 0 bridgehead atoms. The summed E-state index contributed by atoms with van der Waals surface area (Å²) in [7, 11) is 0. The van der Waals surface area contributed by atoms with Gasteiger partial charge < -0.3 is 4.57 Å². The Morgan fingerprint density at radius 3 is 1.59 bits per heavy atom. The van der Waals surface area contributed by atoms with E-state index in [1.165, 1.54) is 107 Å². The van der Waals surface area contributed by atoms with Gasteiger partial charge >= 0.3 is 0 Å². The molecule has 0 radical (unpaired) electrons. The highest BCUT2D eigenvalue weighted by Crippen LogP contribution is 2.24. The van der Waals surface area contributed by atoms with Gasteiger partial charge in [0.05, 0.1) is 0 Å². The average molecular weight is 528 g/mol. The number of ketones is 1. The standard InChI is InChI=1S/C37H53NO/c1-3-4-5-6-7-8-9-10-11-12-13-14-15-16-23-28-36(39)37-32(2)38(30-34-26-21-18-22-27-34)31-35(37)29-33-24-19-17-20-25-33/h17-22,24-27,31H,3-16,23,28-30H2,1-2H3. The molecule has 3 rings (SSSR count). The van der Waals surface area contributed by atoms with Gasteiger partial charge in [0.1, 0.15) is 0 Å². The second kappa shape index (κ2) is 18.6. The van der Waals surface area contributed by atoms with Crippen LogP contribution in [-0.2, 0) is 13.0 Å². The third-order valence-corrected chi connectivity index (χ3v) is 8.14. The van der Waals surface area contributed by atoms with E-state index in [0.29, 0.717) is 12.2 Å². The molecule has 3 aromatic rings. The van der Waals surface area contributed by atoms with Crippen molar-refractivity contribution < 1.29 is 4.79 Å². The summed E-state index contributed by atoms with van der Waals surface area (Å²) in [4.78, 5) is 13.5. The van der Waals surface area contributed by atoms with Gasteiger partial charge in [0, 0.05) is 30.4 Å². The molecule has 0 atom stereocenters. The van der Waals surface area contributed by atoms with Crippen molar-refractivity contribution in [1.82, 2.24) is 4.57 Å². The third kappa shape index (κ3) is 11.6. The largest absolute Gasteiger partial charge is 0.346 e. The lowest BCUT2D eigenvalue weighted by molar-refractivity contribution is 0.0977. The topological polar surface area (TPSA) is 22.0 Å². The zero-order valence-corrected chi connectivity index (χ0v) is 24.9. The average Bonchev–Trinajstić information content (AvgIpc) is 3.25. The zero-order valence-electron chi connectivity index (χ0n) is 24.9. The Bertz CT molecular complexity index is 1050. The second-order valence-corrected chi connectivity index (χ2v) is 11.5. The summed E-state index contributed by atoms with van der Waals surface area (Å²) in [5.41, 5.74) is 5.76. The third-order valence-electron chi connectivity index (χ3n) is 8.14. The van der Waals surface area contributed by atoms with Gasteiger partial charge in [-0.2, -0.15) is 0 Å². The highest BCUT2D eigenvalue weighted by atomic mass is 16.1. The van der Waals surface area contributed by atoms with Gasteiger partial charge in [-0.25, -0.2) is 0 Å². The minimum atomic E-state index is 0.319. The van der Waals surface area contributed by atoms with Crippen LogP contribution in [0.2, 0.25) is 0 Å². The van der Waals surface area contributed by atoms with Crippen molar-refractivity contribution in [2.45, 2.75) is 130 Å². The van der Waals surface area contributed by atoms with Crippen LogP contribution in [0.5, 0.6) is 0 Å². The quantitative estimate of drug-likeness (QED) is 0.0997. The number of hydrogen-bond donors (Lipinski definition) is 0. The van der Waals surface area contributed by atoms with Crippen LogP contribution in [0.1, 0.15) is 142 Å². The Hall–Kier alpha value is -2.61. The van der Waals surface area contributed by atoms with Crippen LogP contribution in [0.4, 0.5) is 0 Å². The van der Waals surface area contributed by atoms with Crippen LogP contribution >= 0.6 is 0 Å². The lowest BCUT2D eigenvalue weighted by atomic mass is 9.97. The summed E-state index contributed by atoms with van der Waals surface area (Å²) < 4.78 is 2.27. The monoisotopic (exact) mass is 527 g/mol. The van der Waals surface area contributed by atoms with E-state index in [1.54, 1.807) is 0 Å². The number of carbonyl (C=O) groups is 1. The normalized spacial score (nSPS) is 11.2. The van der Waals surface area contributed by atoms with Crippen molar-refractivity contribution in [2.75, 3.05) is 0 Å². The molecule has 0 unspecified atom stereocenters. The van der Waals surface area contributed by atoms with Crippen molar-refractivity contribution in [3.8, 4) is 0 Å². The van der Waals surface area contributed by atoms with Gasteiger partial charge in [0.25, 0.3) is 0 Å². The maximum Gasteiger partial charge on any atom is 0.164 e. The Morgan fingerprint density at radius 1 is 0.615 bits per heavy atom. The fourth-order valence-corrected chi connectivity index (χ4v) is 5.78. The van der Waals surface area contributed by atoms with Crippen LogP contribution in [0.15, 0.2) is 66.9 Å². The SMILES string of the molecule is CCCCCCCCCCCCCCCCCC(=O)c1c(Cc2ccccc2)cn(Cc2ccccc2)c1C. The molecule has 0 saturated heterocycles. The van der Waals surface area contributed by atoms with Gasteiger partial charge in [-0.15, -0.1) is 0 Å². The van der Waals surface area contributed by atoms with Crippen LogP contribution in [0.25, 0.3) is 0 Å². The molecule has 0 aliphatic carbocycles. The highest BCUT2D eigenvalue weighted by molar-refractivity contribution is 5.98. The number of benzene rings is 2. The Kier molecular flexibility index (Phi) is 14.8. The first-order valence-corrected chi connectivity index (χ1v) is 16.0. The second-order valence-electron chi connectivity index (χ2n) is 11.5. The predicted octanol–water partition coefficient (Wildman–Crippen LogP) is 10.9. The molecule has 0 N–H and O–H groups in total. The molecule has 1 aromatic heterocycles. The van der Waals surface area contributed by atoms with E-state index in [0.717, 1.165) is 30.6 Å². The van der Waals surface area contributed by atoms with Crippen LogP contribution in [0.3, 0.4) is 0 Å². The molecule has 1 heterocycles. The number of hydrogen-bond acceptors (Lipinski definition) is 1. The predicted molar refractivity (Wildman–Crippen MR) is 168 cm³/mol. The fraction of sp³-hybridized carbons (Fsp3) is 0.541. The Labute approximate surface area is 239 Å². The highest BCUT2D eigenvalue weighted by Gasteiger charge is 2.19. The van der Waals surface area contributed by atoms with E-state index < -0.39 is 0 Å². The number of aromatic nitrogens is 1. The van der Waals surface area contributed by atoms with E-state index in [1.807, 2.05) is 0 Å². The summed E-state index contributed by atoms with van der Waals surface area (Å²) in [6.07, 6.45) is 23.9. The van der Waals surface area contributed by atoms with Crippen molar-refractivity contribution in [3.05, 3.63) is 94.8 Å². The molecule has 2 nitrogen and oxygen atoms in total. The molecule has 212 valence electrons. The minimum absolute atomic E-state index is 0.319. The number of nitrogens with zero attached hydrogens (tertiary/aromatic N) is 1. The van der Waals surface area contributed by atoms with Crippen molar-refractivity contribution >= 4 is 5.78 Å². The molecule has 0 aliphatic heterocycles. The first kappa shape index (κ1) is 30.9. The molecule has 0 aliphatic rings. The van der Waals surface area contributed by atoms with Gasteiger partial charge in [-0.3, -0.25) is 4.79 Å². The van der Waals surface area contributed by atoms with Gasteiger partial charge in [0.15, 0.2) is 5.78 Å². The maximum absolute atomic E-state index is 13.5. The lowest BCUT2D eigenvalue weighted by Gasteiger charge is -2.08. The Balaban J connectivity index is 1.39. The first-order chi connectivity index (χ1) is 19.2. The summed E-state index contributed by atoms with van der Waals surface area (Å²) in [5.74, 6) is 0.319.